The molecule has 150 valence electrons. The SMILES string of the molecule is Cc1cccc(C)c1N(CCCc1cccnc1)C(=O)CCCc1cccnc1. The number of aryl methyl sites for hydroxylation is 4. The van der Waals surface area contributed by atoms with E-state index in [1.165, 1.54) is 11.1 Å². The molecule has 0 atom stereocenters. The Labute approximate surface area is 173 Å². The summed E-state index contributed by atoms with van der Waals surface area (Å²) in [5, 5.41) is 0. The van der Waals surface area contributed by atoms with Gasteiger partial charge in [0, 0.05) is 43.4 Å². The van der Waals surface area contributed by atoms with Crippen molar-refractivity contribution in [1.29, 1.82) is 0 Å². The number of benzene rings is 1. The fourth-order valence-corrected chi connectivity index (χ4v) is 3.70. The molecule has 0 aliphatic heterocycles. The lowest BCUT2D eigenvalue weighted by atomic mass is 10.0. The second-order valence-corrected chi connectivity index (χ2v) is 7.47. The Kier molecular flexibility index (Phi) is 7.51. The number of para-hydroxylation sites is 1. The number of pyridine rings is 2. The van der Waals surface area contributed by atoms with Crippen LogP contribution in [0.3, 0.4) is 0 Å². The Morgan fingerprint density at radius 3 is 1.97 bits per heavy atom. The fraction of sp³-hybridized carbons (Fsp3) is 0.320. The van der Waals surface area contributed by atoms with Crippen molar-refractivity contribution in [1.82, 2.24) is 9.97 Å². The number of amides is 1. The number of hydrogen-bond acceptors (Lipinski definition) is 3. The molecular weight excluding hydrogens is 358 g/mol. The first-order valence-corrected chi connectivity index (χ1v) is 10.3. The summed E-state index contributed by atoms with van der Waals surface area (Å²) in [5.41, 5.74) is 5.73. The molecule has 2 aromatic heterocycles. The smallest absolute Gasteiger partial charge is 0.227 e. The summed E-state index contributed by atoms with van der Waals surface area (Å²) in [6, 6.07) is 14.3. The largest absolute Gasteiger partial charge is 0.312 e. The van der Waals surface area contributed by atoms with Crippen LogP contribution in [0.5, 0.6) is 0 Å². The Bertz CT molecular complexity index is 890. The number of carbonyl (C=O) groups is 1. The van der Waals surface area contributed by atoms with Gasteiger partial charge in [0.1, 0.15) is 0 Å². The van der Waals surface area contributed by atoms with Crippen LogP contribution >= 0.6 is 0 Å². The van der Waals surface area contributed by atoms with Crippen LogP contribution in [0.1, 0.15) is 41.5 Å². The number of hydrogen-bond donors (Lipinski definition) is 0. The highest BCUT2D eigenvalue weighted by Crippen LogP contribution is 2.26. The number of rotatable bonds is 9. The Morgan fingerprint density at radius 1 is 0.828 bits per heavy atom. The minimum atomic E-state index is 0.192. The molecule has 0 aliphatic carbocycles. The van der Waals surface area contributed by atoms with Gasteiger partial charge < -0.3 is 4.90 Å². The lowest BCUT2D eigenvalue weighted by Crippen LogP contribution is -2.33. The van der Waals surface area contributed by atoms with Crippen LogP contribution in [-0.2, 0) is 17.6 Å². The van der Waals surface area contributed by atoms with Gasteiger partial charge in [-0.3, -0.25) is 14.8 Å². The lowest BCUT2D eigenvalue weighted by Gasteiger charge is -2.26. The molecule has 0 radical (unpaired) electrons. The molecule has 0 fully saturated rings. The molecule has 4 heteroatoms. The molecule has 4 nitrogen and oxygen atoms in total. The number of anilines is 1. The molecule has 0 N–H and O–H groups in total. The Balaban J connectivity index is 1.67. The third-order valence-corrected chi connectivity index (χ3v) is 5.16. The molecule has 29 heavy (non-hydrogen) atoms. The van der Waals surface area contributed by atoms with E-state index < -0.39 is 0 Å². The standard InChI is InChI=1S/C25H29N3O/c1-20-8-3-9-21(2)25(20)28(17-7-13-23-12-6-16-27-19-23)24(29)14-4-10-22-11-5-15-26-18-22/h3,5-6,8-9,11-12,15-16,18-19H,4,7,10,13-14,17H2,1-2H3. The van der Waals surface area contributed by atoms with E-state index in [1.807, 2.05) is 29.4 Å². The first-order chi connectivity index (χ1) is 14.1. The predicted octanol–water partition coefficient (Wildman–Crippen LogP) is 5.08. The van der Waals surface area contributed by atoms with Gasteiger partial charge >= 0.3 is 0 Å². The molecule has 2 heterocycles. The van der Waals surface area contributed by atoms with Crippen LogP contribution in [0.25, 0.3) is 0 Å². The van der Waals surface area contributed by atoms with E-state index in [9.17, 15) is 4.79 Å². The van der Waals surface area contributed by atoms with Crippen molar-refractivity contribution in [2.75, 3.05) is 11.4 Å². The van der Waals surface area contributed by atoms with Crippen LogP contribution in [0.2, 0.25) is 0 Å². The van der Waals surface area contributed by atoms with E-state index in [2.05, 4.69) is 54.1 Å². The highest BCUT2D eigenvalue weighted by molar-refractivity contribution is 5.94. The molecule has 3 rings (SSSR count). The molecule has 0 saturated heterocycles. The number of aromatic nitrogens is 2. The zero-order valence-corrected chi connectivity index (χ0v) is 17.3. The third-order valence-electron chi connectivity index (χ3n) is 5.16. The number of nitrogens with zero attached hydrogens (tertiary/aromatic N) is 3. The molecule has 1 aromatic carbocycles. The average Bonchev–Trinajstić information content (AvgIpc) is 2.74. The second kappa shape index (κ2) is 10.5. The van der Waals surface area contributed by atoms with Crippen LogP contribution in [0.15, 0.2) is 67.3 Å². The van der Waals surface area contributed by atoms with E-state index in [0.29, 0.717) is 13.0 Å². The summed E-state index contributed by atoms with van der Waals surface area (Å²) < 4.78 is 0. The van der Waals surface area contributed by atoms with Gasteiger partial charge in [0.05, 0.1) is 0 Å². The van der Waals surface area contributed by atoms with Crippen molar-refractivity contribution < 1.29 is 4.79 Å². The number of carbonyl (C=O) groups excluding carboxylic acids is 1. The molecule has 0 aliphatic rings. The van der Waals surface area contributed by atoms with Gasteiger partial charge in [0.15, 0.2) is 0 Å². The topological polar surface area (TPSA) is 46.1 Å². The van der Waals surface area contributed by atoms with Crippen molar-refractivity contribution in [3.8, 4) is 0 Å². The molecule has 0 bridgehead atoms. The maximum atomic E-state index is 13.2. The molecular formula is C25H29N3O. The van der Waals surface area contributed by atoms with E-state index in [0.717, 1.165) is 42.5 Å². The van der Waals surface area contributed by atoms with Gasteiger partial charge in [-0.15, -0.1) is 0 Å². The van der Waals surface area contributed by atoms with Crippen LogP contribution < -0.4 is 4.90 Å². The van der Waals surface area contributed by atoms with Gasteiger partial charge in [-0.2, -0.15) is 0 Å². The van der Waals surface area contributed by atoms with Crippen molar-refractivity contribution >= 4 is 11.6 Å². The fourth-order valence-electron chi connectivity index (χ4n) is 3.70. The highest BCUT2D eigenvalue weighted by atomic mass is 16.2. The molecule has 0 saturated carbocycles. The van der Waals surface area contributed by atoms with Crippen molar-refractivity contribution in [2.45, 2.75) is 46.0 Å². The first kappa shape index (κ1) is 20.7. The van der Waals surface area contributed by atoms with Gasteiger partial charge in [-0.05, 0) is 73.9 Å². The van der Waals surface area contributed by atoms with Crippen LogP contribution in [0.4, 0.5) is 5.69 Å². The summed E-state index contributed by atoms with van der Waals surface area (Å²) in [6.07, 6.45) is 11.4. The van der Waals surface area contributed by atoms with E-state index in [-0.39, 0.29) is 5.91 Å². The van der Waals surface area contributed by atoms with Gasteiger partial charge in [0.25, 0.3) is 0 Å². The summed E-state index contributed by atoms with van der Waals surface area (Å²) in [5.74, 6) is 0.192. The monoisotopic (exact) mass is 387 g/mol. The first-order valence-electron chi connectivity index (χ1n) is 10.3. The minimum absolute atomic E-state index is 0.192. The molecule has 3 aromatic rings. The summed E-state index contributed by atoms with van der Waals surface area (Å²) in [6.45, 7) is 4.88. The van der Waals surface area contributed by atoms with Crippen molar-refractivity contribution in [3.63, 3.8) is 0 Å². The van der Waals surface area contributed by atoms with Gasteiger partial charge in [-0.1, -0.05) is 30.3 Å². The third kappa shape index (κ3) is 5.98. The Hall–Kier alpha value is -3.01. The molecule has 0 spiro atoms. The van der Waals surface area contributed by atoms with E-state index >= 15 is 0 Å². The predicted molar refractivity (Wildman–Crippen MR) is 118 cm³/mol. The Morgan fingerprint density at radius 2 is 1.41 bits per heavy atom. The summed E-state index contributed by atoms with van der Waals surface area (Å²) >= 11 is 0. The normalized spacial score (nSPS) is 10.7. The maximum absolute atomic E-state index is 13.2. The van der Waals surface area contributed by atoms with Crippen LogP contribution in [0, 0.1) is 13.8 Å². The zero-order valence-electron chi connectivity index (χ0n) is 17.3. The maximum Gasteiger partial charge on any atom is 0.227 e. The average molecular weight is 388 g/mol. The van der Waals surface area contributed by atoms with Crippen molar-refractivity contribution in [2.24, 2.45) is 0 Å². The van der Waals surface area contributed by atoms with Gasteiger partial charge in [-0.25, -0.2) is 0 Å². The van der Waals surface area contributed by atoms with E-state index in [1.54, 1.807) is 12.4 Å². The molecule has 1 amide bonds. The van der Waals surface area contributed by atoms with Crippen LogP contribution in [-0.4, -0.2) is 22.4 Å². The zero-order chi connectivity index (χ0) is 20.5. The minimum Gasteiger partial charge on any atom is -0.312 e. The molecule has 0 unspecified atom stereocenters. The van der Waals surface area contributed by atoms with E-state index in [4.69, 9.17) is 0 Å². The van der Waals surface area contributed by atoms with Gasteiger partial charge in [0.2, 0.25) is 5.91 Å². The summed E-state index contributed by atoms with van der Waals surface area (Å²) in [7, 11) is 0. The van der Waals surface area contributed by atoms with Crippen molar-refractivity contribution in [3.05, 3.63) is 89.5 Å². The quantitative estimate of drug-likeness (QED) is 0.514. The second-order valence-electron chi connectivity index (χ2n) is 7.47. The lowest BCUT2D eigenvalue weighted by molar-refractivity contribution is -0.118. The highest BCUT2D eigenvalue weighted by Gasteiger charge is 2.19. The summed E-state index contributed by atoms with van der Waals surface area (Å²) in [4.78, 5) is 23.5.